The molecule has 0 saturated carbocycles. The number of carbonyl (C=O) groups is 1. The van der Waals surface area contributed by atoms with E-state index in [2.05, 4.69) is 15.5 Å². The van der Waals surface area contributed by atoms with E-state index in [1.54, 1.807) is 11.8 Å². The molecule has 3 rings (SSSR count). The Balaban J connectivity index is 1.53. The highest BCUT2D eigenvalue weighted by Gasteiger charge is 2.41. The van der Waals surface area contributed by atoms with Gasteiger partial charge in [0.05, 0.1) is 13.1 Å². The number of para-hydroxylation sites is 1. The Labute approximate surface area is 146 Å². The summed E-state index contributed by atoms with van der Waals surface area (Å²) in [5.74, 6) is 1.59. The molecule has 2 aromatic rings. The van der Waals surface area contributed by atoms with Crippen LogP contribution in [-0.2, 0) is 16.1 Å². The van der Waals surface area contributed by atoms with E-state index < -0.39 is 5.60 Å². The second-order valence-corrected chi connectivity index (χ2v) is 6.25. The van der Waals surface area contributed by atoms with Gasteiger partial charge in [0.15, 0.2) is 0 Å². The number of nitrogens with zero attached hydrogens (tertiary/aromatic N) is 5. The van der Waals surface area contributed by atoms with Crippen molar-refractivity contribution in [1.29, 1.82) is 0 Å². The molecule has 0 N–H and O–H groups in total. The molecule has 1 atom stereocenters. The Kier molecular flexibility index (Phi) is 5.28. The topological polar surface area (TPSA) is 82.4 Å². The molecule has 1 aromatic heterocycles. The fraction of sp³-hybridized carbons (Fsp3) is 0.529. The van der Waals surface area contributed by atoms with Crippen LogP contribution in [0.1, 0.15) is 18.7 Å². The Bertz CT molecular complexity index is 705. The van der Waals surface area contributed by atoms with Gasteiger partial charge in [-0.05, 0) is 35.9 Å². The first-order valence-corrected chi connectivity index (χ1v) is 8.35. The van der Waals surface area contributed by atoms with Gasteiger partial charge >= 0.3 is 0 Å². The van der Waals surface area contributed by atoms with E-state index in [0.717, 1.165) is 12.2 Å². The highest BCUT2D eigenvalue weighted by Crippen LogP contribution is 2.26. The zero-order chi connectivity index (χ0) is 17.7. The first kappa shape index (κ1) is 17.3. The van der Waals surface area contributed by atoms with E-state index in [0.29, 0.717) is 38.5 Å². The lowest BCUT2D eigenvalue weighted by Crippen LogP contribution is -2.42. The average Bonchev–Trinajstić information content (AvgIpc) is 3.26. The number of hydrogen-bond acceptors (Lipinski definition) is 6. The number of tetrazole rings is 1. The van der Waals surface area contributed by atoms with Crippen molar-refractivity contribution in [1.82, 2.24) is 25.1 Å². The van der Waals surface area contributed by atoms with E-state index >= 15 is 0 Å². The number of likely N-dealkylation sites (tertiary alicyclic amines) is 1. The molecule has 8 nitrogen and oxygen atoms in total. The second-order valence-electron chi connectivity index (χ2n) is 6.25. The van der Waals surface area contributed by atoms with Crippen LogP contribution in [-0.4, -0.2) is 63.4 Å². The van der Waals surface area contributed by atoms with Crippen LogP contribution in [0, 0.1) is 6.92 Å². The molecular formula is C17H23N5O3. The highest BCUT2D eigenvalue weighted by atomic mass is 16.5. The molecule has 1 amide bonds. The predicted octanol–water partition coefficient (Wildman–Crippen LogP) is 1.07. The molecule has 25 heavy (non-hydrogen) atoms. The van der Waals surface area contributed by atoms with Crippen LogP contribution in [0.15, 0.2) is 30.3 Å². The summed E-state index contributed by atoms with van der Waals surface area (Å²) in [6, 6.07) is 9.63. The summed E-state index contributed by atoms with van der Waals surface area (Å²) in [7, 11) is 1.67. The molecule has 0 spiro atoms. The van der Waals surface area contributed by atoms with Crippen molar-refractivity contribution >= 4 is 5.91 Å². The van der Waals surface area contributed by atoms with Crippen LogP contribution in [0.4, 0.5) is 0 Å². The maximum atomic E-state index is 12.5. The monoisotopic (exact) mass is 345 g/mol. The van der Waals surface area contributed by atoms with Gasteiger partial charge in [-0.1, -0.05) is 18.2 Å². The quantitative estimate of drug-likeness (QED) is 0.746. The summed E-state index contributed by atoms with van der Waals surface area (Å²) >= 11 is 0. The van der Waals surface area contributed by atoms with Crippen molar-refractivity contribution in [2.45, 2.75) is 31.9 Å². The number of aromatic nitrogens is 4. The molecule has 1 aromatic carbocycles. The molecule has 1 aliphatic rings. The summed E-state index contributed by atoms with van der Waals surface area (Å²) in [6.07, 6.45) is 1.12. The fourth-order valence-corrected chi connectivity index (χ4v) is 2.95. The summed E-state index contributed by atoms with van der Waals surface area (Å²) in [5, 5.41) is 11.3. The summed E-state index contributed by atoms with van der Waals surface area (Å²) in [5.41, 5.74) is -0.462. The van der Waals surface area contributed by atoms with Gasteiger partial charge < -0.3 is 14.4 Å². The van der Waals surface area contributed by atoms with E-state index in [9.17, 15) is 4.79 Å². The Hall–Kier alpha value is -2.48. The number of amides is 1. The van der Waals surface area contributed by atoms with Crippen molar-refractivity contribution < 1.29 is 14.3 Å². The Morgan fingerprint density at radius 1 is 1.32 bits per heavy atom. The third-order valence-electron chi connectivity index (χ3n) is 4.60. The number of benzene rings is 1. The molecule has 1 saturated heterocycles. The third-order valence-corrected chi connectivity index (χ3v) is 4.60. The van der Waals surface area contributed by atoms with Gasteiger partial charge in [0.25, 0.3) is 0 Å². The van der Waals surface area contributed by atoms with Crippen molar-refractivity contribution in [2.24, 2.45) is 0 Å². The molecule has 1 fully saturated rings. The Morgan fingerprint density at radius 2 is 2.12 bits per heavy atom. The summed E-state index contributed by atoms with van der Waals surface area (Å²) < 4.78 is 13.2. The van der Waals surface area contributed by atoms with Gasteiger partial charge in [0.1, 0.15) is 23.8 Å². The van der Waals surface area contributed by atoms with Crippen LogP contribution >= 0.6 is 0 Å². The minimum absolute atomic E-state index is 0.0773. The number of hydrogen-bond donors (Lipinski definition) is 0. The van der Waals surface area contributed by atoms with Crippen molar-refractivity contribution in [3.63, 3.8) is 0 Å². The number of aryl methyl sites for hydroxylation is 2. The molecule has 0 aliphatic carbocycles. The minimum atomic E-state index is -0.462. The van der Waals surface area contributed by atoms with Crippen LogP contribution in [0.25, 0.3) is 0 Å². The number of rotatable bonds is 7. The molecule has 1 aliphatic heterocycles. The number of ether oxygens (including phenoxy) is 2. The van der Waals surface area contributed by atoms with Gasteiger partial charge in [0, 0.05) is 20.1 Å². The maximum Gasteiger partial charge on any atom is 0.224 e. The van der Waals surface area contributed by atoms with Gasteiger partial charge in [0.2, 0.25) is 5.91 Å². The van der Waals surface area contributed by atoms with E-state index in [1.807, 2.05) is 42.2 Å². The lowest BCUT2D eigenvalue weighted by Gasteiger charge is -2.28. The van der Waals surface area contributed by atoms with Crippen LogP contribution in [0.5, 0.6) is 5.75 Å². The normalized spacial score (nSPS) is 20.0. The lowest BCUT2D eigenvalue weighted by molar-refractivity contribution is -0.132. The lowest BCUT2D eigenvalue weighted by atomic mass is 10.0. The first-order chi connectivity index (χ1) is 12.1. The largest absolute Gasteiger partial charge is 0.491 e. The van der Waals surface area contributed by atoms with Crippen LogP contribution in [0.2, 0.25) is 0 Å². The average molecular weight is 345 g/mol. The van der Waals surface area contributed by atoms with Crippen LogP contribution in [0.3, 0.4) is 0 Å². The smallest absolute Gasteiger partial charge is 0.224 e. The predicted molar refractivity (Wildman–Crippen MR) is 90.0 cm³/mol. The minimum Gasteiger partial charge on any atom is -0.491 e. The molecule has 8 heteroatoms. The van der Waals surface area contributed by atoms with Gasteiger partial charge in [-0.3, -0.25) is 4.79 Å². The maximum absolute atomic E-state index is 12.5. The standard InChI is InChI=1S/C17H23N5O3/c1-14-18-19-20-22(14)10-8-16(23)21-11-9-17(12-21,24-2)13-25-15-6-4-3-5-7-15/h3-7H,8-13H2,1-2H3. The molecule has 2 heterocycles. The van der Waals surface area contributed by atoms with Gasteiger partial charge in [-0.15, -0.1) is 5.10 Å². The van der Waals surface area contributed by atoms with E-state index in [1.165, 1.54) is 0 Å². The third kappa shape index (κ3) is 4.14. The summed E-state index contributed by atoms with van der Waals surface area (Å²) in [4.78, 5) is 14.3. The second kappa shape index (κ2) is 7.60. The number of methoxy groups -OCH3 is 1. The number of carbonyl (C=O) groups excluding carboxylic acids is 1. The first-order valence-electron chi connectivity index (χ1n) is 8.35. The van der Waals surface area contributed by atoms with E-state index in [-0.39, 0.29) is 5.91 Å². The molecular weight excluding hydrogens is 322 g/mol. The van der Waals surface area contributed by atoms with Crippen molar-refractivity contribution in [3.8, 4) is 5.75 Å². The highest BCUT2D eigenvalue weighted by molar-refractivity contribution is 5.76. The molecule has 0 radical (unpaired) electrons. The SMILES string of the molecule is COC1(COc2ccccc2)CCN(C(=O)CCn2nnnc2C)C1. The zero-order valence-corrected chi connectivity index (χ0v) is 14.6. The van der Waals surface area contributed by atoms with Crippen LogP contribution < -0.4 is 4.74 Å². The molecule has 1 unspecified atom stereocenters. The fourth-order valence-electron chi connectivity index (χ4n) is 2.95. The van der Waals surface area contributed by atoms with Crippen molar-refractivity contribution in [3.05, 3.63) is 36.2 Å². The van der Waals surface area contributed by atoms with E-state index in [4.69, 9.17) is 9.47 Å². The van der Waals surface area contributed by atoms with Gasteiger partial charge in [-0.2, -0.15) is 0 Å². The molecule has 134 valence electrons. The van der Waals surface area contributed by atoms with Crippen molar-refractivity contribution in [2.75, 3.05) is 26.8 Å². The van der Waals surface area contributed by atoms with Gasteiger partial charge in [-0.25, -0.2) is 4.68 Å². The molecule has 0 bridgehead atoms. The summed E-state index contributed by atoms with van der Waals surface area (Å²) in [6.45, 7) is 3.92. The zero-order valence-electron chi connectivity index (χ0n) is 14.6. The Morgan fingerprint density at radius 3 is 2.80 bits per heavy atom.